The molecule has 1 heterocycles. The van der Waals surface area contributed by atoms with Gasteiger partial charge in [-0.15, -0.1) is 0 Å². The molecule has 1 aromatic rings. The van der Waals surface area contributed by atoms with E-state index >= 15 is 0 Å². The molecule has 1 aliphatic rings. The van der Waals surface area contributed by atoms with E-state index in [1.807, 2.05) is 0 Å². The highest BCUT2D eigenvalue weighted by atomic mass is 19.1. The first-order chi connectivity index (χ1) is 10.1. The molecule has 0 bridgehead atoms. The predicted molar refractivity (Wildman–Crippen MR) is 72.1 cm³/mol. The lowest BCUT2D eigenvalue weighted by Gasteiger charge is -2.06. The van der Waals surface area contributed by atoms with Crippen molar-refractivity contribution in [3.8, 4) is 0 Å². The van der Waals surface area contributed by atoms with Crippen LogP contribution in [0.25, 0.3) is 0 Å². The minimum absolute atomic E-state index is 0.106. The van der Waals surface area contributed by atoms with Crippen LogP contribution in [-0.2, 0) is 20.8 Å². The van der Waals surface area contributed by atoms with Crippen molar-refractivity contribution in [1.82, 2.24) is 16.2 Å². The summed E-state index contributed by atoms with van der Waals surface area (Å²) in [6, 6.07) is 6.06. The maximum absolute atomic E-state index is 12.7. The largest absolute Gasteiger partial charge is 0.356 e. The molecule has 0 aliphatic carbocycles. The quantitative estimate of drug-likeness (QED) is 0.647. The minimum atomic E-state index is -0.798. The lowest BCUT2D eigenvalue weighted by Crippen LogP contribution is -2.28. The number of nitrogens with one attached hydrogen (secondary N) is 3. The number of carbonyl (C=O) groups excluding carboxylic acids is 3. The van der Waals surface area contributed by atoms with E-state index in [9.17, 15) is 18.8 Å². The average Bonchev–Trinajstić information content (AvgIpc) is 2.78. The van der Waals surface area contributed by atoms with Gasteiger partial charge in [0.1, 0.15) is 11.7 Å². The summed E-state index contributed by atoms with van der Waals surface area (Å²) < 4.78 is 12.7. The number of halogens is 1. The molecule has 3 amide bonds. The van der Waals surface area contributed by atoms with Gasteiger partial charge in [0.15, 0.2) is 0 Å². The summed E-state index contributed by atoms with van der Waals surface area (Å²) in [5, 5.41) is 2.70. The molecule has 112 valence electrons. The van der Waals surface area contributed by atoms with Crippen LogP contribution in [0.3, 0.4) is 0 Å². The minimum Gasteiger partial charge on any atom is -0.356 e. The summed E-state index contributed by atoms with van der Waals surface area (Å²) in [6.07, 6.45) is 0.880. The van der Waals surface area contributed by atoms with Crippen molar-refractivity contribution in [3.05, 3.63) is 35.6 Å². The van der Waals surface area contributed by atoms with E-state index in [1.165, 1.54) is 12.1 Å². The third-order valence-electron chi connectivity index (χ3n) is 3.25. The van der Waals surface area contributed by atoms with Gasteiger partial charge in [-0.05, 0) is 30.5 Å². The van der Waals surface area contributed by atoms with Crippen molar-refractivity contribution in [2.45, 2.75) is 19.3 Å². The standard InChI is InChI=1S/C14H16FN3O3/c15-10-3-1-9(2-4-10)7-8-16-12(19)6-5-11-13(20)17-18-14(11)21/h1-4,11H,5-8H2,(H,16,19)(H,17,20)(H,18,21). The summed E-state index contributed by atoms with van der Waals surface area (Å²) >= 11 is 0. The maximum Gasteiger partial charge on any atom is 0.251 e. The monoisotopic (exact) mass is 293 g/mol. The van der Waals surface area contributed by atoms with Crippen LogP contribution in [0.5, 0.6) is 0 Å². The molecule has 0 unspecified atom stereocenters. The van der Waals surface area contributed by atoms with Crippen molar-refractivity contribution in [3.63, 3.8) is 0 Å². The Labute approximate surface area is 121 Å². The highest BCUT2D eigenvalue weighted by molar-refractivity contribution is 6.05. The van der Waals surface area contributed by atoms with Crippen LogP contribution in [0.1, 0.15) is 18.4 Å². The molecule has 1 aromatic carbocycles. The molecular formula is C14H16FN3O3. The van der Waals surface area contributed by atoms with Gasteiger partial charge < -0.3 is 5.32 Å². The molecule has 0 atom stereocenters. The first-order valence-corrected chi connectivity index (χ1v) is 6.67. The highest BCUT2D eigenvalue weighted by Crippen LogP contribution is 2.10. The lowest BCUT2D eigenvalue weighted by molar-refractivity contribution is -0.128. The topological polar surface area (TPSA) is 87.3 Å². The fourth-order valence-electron chi connectivity index (χ4n) is 2.04. The summed E-state index contributed by atoms with van der Waals surface area (Å²) in [4.78, 5) is 34.2. The van der Waals surface area contributed by atoms with E-state index in [1.54, 1.807) is 12.1 Å². The first kappa shape index (κ1) is 15.0. The molecular weight excluding hydrogens is 277 g/mol. The van der Waals surface area contributed by atoms with Gasteiger partial charge in [-0.3, -0.25) is 25.2 Å². The van der Waals surface area contributed by atoms with Crippen LogP contribution in [0.15, 0.2) is 24.3 Å². The number of carbonyl (C=O) groups is 3. The van der Waals surface area contributed by atoms with Gasteiger partial charge in [0.25, 0.3) is 11.8 Å². The van der Waals surface area contributed by atoms with Crippen molar-refractivity contribution < 1.29 is 18.8 Å². The summed E-state index contributed by atoms with van der Waals surface area (Å²) in [5.41, 5.74) is 5.35. The molecule has 1 aliphatic heterocycles. The number of benzene rings is 1. The van der Waals surface area contributed by atoms with E-state index < -0.39 is 17.7 Å². The van der Waals surface area contributed by atoms with E-state index in [0.29, 0.717) is 13.0 Å². The van der Waals surface area contributed by atoms with Crippen LogP contribution in [0.4, 0.5) is 4.39 Å². The Morgan fingerprint density at radius 3 is 2.38 bits per heavy atom. The Hall–Kier alpha value is -2.44. The molecule has 0 aromatic heterocycles. The third-order valence-corrected chi connectivity index (χ3v) is 3.25. The molecule has 6 nitrogen and oxygen atoms in total. The zero-order valence-electron chi connectivity index (χ0n) is 11.3. The number of hydrogen-bond donors (Lipinski definition) is 3. The maximum atomic E-state index is 12.7. The SMILES string of the molecule is O=C(CCC1C(=O)NNC1=O)NCCc1ccc(F)cc1. The smallest absolute Gasteiger partial charge is 0.251 e. The molecule has 1 fully saturated rings. The van der Waals surface area contributed by atoms with Crippen LogP contribution < -0.4 is 16.2 Å². The van der Waals surface area contributed by atoms with Gasteiger partial charge in [-0.1, -0.05) is 12.1 Å². The van der Waals surface area contributed by atoms with E-state index in [4.69, 9.17) is 0 Å². The third kappa shape index (κ3) is 4.27. The van der Waals surface area contributed by atoms with Crippen LogP contribution in [-0.4, -0.2) is 24.3 Å². The molecule has 7 heteroatoms. The van der Waals surface area contributed by atoms with Crippen molar-refractivity contribution >= 4 is 17.7 Å². The van der Waals surface area contributed by atoms with Crippen LogP contribution in [0.2, 0.25) is 0 Å². The van der Waals surface area contributed by atoms with Gasteiger partial charge in [0, 0.05) is 13.0 Å². The normalized spacial score (nSPS) is 14.7. The van der Waals surface area contributed by atoms with E-state index in [2.05, 4.69) is 16.2 Å². The van der Waals surface area contributed by atoms with Crippen molar-refractivity contribution in [1.29, 1.82) is 0 Å². The first-order valence-electron chi connectivity index (χ1n) is 6.67. The Kier molecular flexibility index (Phi) is 4.86. The van der Waals surface area contributed by atoms with Gasteiger partial charge in [-0.2, -0.15) is 0 Å². The second-order valence-corrected chi connectivity index (χ2v) is 4.80. The Morgan fingerprint density at radius 1 is 1.14 bits per heavy atom. The average molecular weight is 293 g/mol. The van der Waals surface area contributed by atoms with Crippen LogP contribution in [0, 0.1) is 11.7 Å². The van der Waals surface area contributed by atoms with Gasteiger partial charge in [0.2, 0.25) is 5.91 Å². The molecule has 21 heavy (non-hydrogen) atoms. The zero-order chi connectivity index (χ0) is 15.2. The molecule has 2 rings (SSSR count). The van der Waals surface area contributed by atoms with Crippen molar-refractivity contribution in [2.24, 2.45) is 5.92 Å². The molecule has 0 spiro atoms. The fourth-order valence-corrected chi connectivity index (χ4v) is 2.04. The number of hydrogen-bond acceptors (Lipinski definition) is 3. The summed E-state index contributed by atoms with van der Waals surface area (Å²) in [5.74, 6) is -2.12. The molecule has 3 N–H and O–H groups in total. The fraction of sp³-hybridized carbons (Fsp3) is 0.357. The lowest BCUT2D eigenvalue weighted by atomic mass is 10.0. The Morgan fingerprint density at radius 2 is 1.76 bits per heavy atom. The van der Waals surface area contributed by atoms with E-state index in [0.717, 1.165) is 5.56 Å². The van der Waals surface area contributed by atoms with Crippen molar-refractivity contribution in [2.75, 3.05) is 6.54 Å². The summed E-state index contributed by atoms with van der Waals surface area (Å²) in [7, 11) is 0. The van der Waals surface area contributed by atoms with Gasteiger partial charge in [-0.25, -0.2) is 4.39 Å². The summed E-state index contributed by atoms with van der Waals surface area (Å²) in [6.45, 7) is 0.424. The van der Waals surface area contributed by atoms with E-state index in [-0.39, 0.29) is 24.6 Å². The second-order valence-electron chi connectivity index (χ2n) is 4.80. The van der Waals surface area contributed by atoms with Crippen LogP contribution >= 0.6 is 0 Å². The molecule has 1 saturated heterocycles. The molecule has 0 saturated carbocycles. The number of amides is 3. The Bertz CT molecular complexity index is 529. The zero-order valence-corrected chi connectivity index (χ0v) is 11.3. The van der Waals surface area contributed by atoms with Gasteiger partial charge >= 0.3 is 0 Å². The molecule has 0 radical (unpaired) electrons. The highest BCUT2D eigenvalue weighted by Gasteiger charge is 2.32. The van der Waals surface area contributed by atoms with Gasteiger partial charge in [0.05, 0.1) is 0 Å². The second kappa shape index (κ2) is 6.83. The number of hydrazine groups is 1. The Balaban J connectivity index is 1.67. The number of rotatable bonds is 6. The predicted octanol–water partition coefficient (Wildman–Crippen LogP) is 0.0418.